The summed E-state index contributed by atoms with van der Waals surface area (Å²) in [6, 6.07) is 14.8. The highest BCUT2D eigenvalue weighted by Crippen LogP contribution is 2.29. The van der Waals surface area contributed by atoms with E-state index in [1.165, 1.54) is 10.4 Å². The molecule has 1 heterocycles. The minimum Gasteiger partial charge on any atom is -0.303 e. The summed E-state index contributed by atoms with van der Waals surface area (Å²) in [5.41, 5.74) is 1.29. The molecule has 18 heavy (non-hydrogen) atoms. The van der Waals surface area contributed by atoms with Crippen LogP contribution in [0.15, 0.2) is 60.5 Å². The zero-order valence-corrected chi connectivity index (χ0v) is 11.5. The molecule has 1 aromatic heterocycles. The van der Waals surface area contributed by atoms with Crippen molar-refractivity contribution in [3.63, 3.8) is 0 Å². The van der Waals surface area contributed by atoms with Gasteiger partial charge in [-0.05, 0) is 30.4 Å². The average Bonchev–Trinajstić information content (AvgIpc) is 2.93. The van der Waals surface area contributed by atoms with Crippen LogP contribution in [0.25, 0.3) is 0 Å². The second-order valence-corrected chi connectivity index (χ2v) is 5.59. The molecule has 0 aliphatic rings. The van der Waals surface area contributed by atoms with Crippen molar-refractivity contribution in [3.8, 4) is 0 Å². The molecule has 0 aliphatic heterocycles. The fourth-order valence-electron chi connectivity index (χ4n) is 2.03. The highest BCUT2D eigenvalue weighted by atomic mass is 32.1. The number of nitrogens with one attached hydrogen (secondary N) is 1. The molecule has 2 rings (SSSR count). The van der Waals surface area contributed by atoms with E-state index in [0.717, 1.165) is 13.0 Å². The Morgan fingerprint density at radius 1 is 1.22 bits per heavy atom. The lowest BCUT2D eigenvalue weighted by Gasteiger charge is -2.29. The third-order valence-electron chi connectivity index (χ3n) is 3.14. The molecule has 0 amide bonds. The topological polar surface area (TPSA) is 12.0 Å². The van der Waals surface area contributed by atoms with Gasteiger partial charge < -0.3 is 5.32 Å². The van der Waals surface area contributed by atoms with Crippen LogP contribution in [0.2, 0.25) is 0 Å². The Morgan fingerprint density at radius 2 is 2.00 bits per heavy atom. The van der Waals surface area contributed by atoms with Gasteiger partial charge in [0.05, 0.1) is 5.54 Å². The van der Waals surface area contributed by atoms with E-state index in [1.54, 1.807) is 11.3 Å². The van der Waals surface area contributed by atoms with Crippen LogP contribution >= 0.6 is 11.3 Å². The zero-order valence-electron chi connectivity index (χ0n) is 10.7. The van der Waals surface area contributed by atoms with Crippen molar-refractivity contribution in [1.29, 1.82) is 0 Å². The Labute approximate surface area is 113 Å². The number of hydrogen-bond acceptors (Lipinski definition) is 2. The summed E-state index contributed by atoms with van der Waals surface area (Å²) in [5.74, 6) is 0. The summed E-state index contributed by atoms with van der Waals surface area (Å²) < 4.78 is 0. The first-order chi connectivity index (χ1) is 8.74. The monoisotopic (exact) mass is 257 g/mol. The number of benzene rings is 1. The van der Waals surface area contributed by atoms with Crippen LogP contribution in [0.5, 0.6) is 0 Å². The maximum absolute atomic E-state index is 3.88. The van der Waals surface area contributed by atoms with Crippen LogP contribution in [0, 0.1) is 0 Å². The third kappa shape index (κ3) is 3.09. The molecule has 0 saturated carbocycles. The SMILES string of the molecule is C=CC[C@@](C)(NCc1ccccc1)c1cccs1. The Kier molecular flexibility index (Phi) is 4.34. The van der Waals surface area contributed by atoms with Crippen molar-refractivity contribution >= 4 is 11.3 Å². The molecule has 1 nitrogen and oxygen atoms in total. The van der Waals surface area contributed by atoms with Gasteiger partial charge in [-0.3, -0.25) is 0 Å². The van der Waals surface area contributed by atoms with E-state index in [0.29, 0.717) is 0 Å². The molecule has 1 atom stereocenters. The summed E-state index contributed by atoms with van der Waals surface area (Å²) >= 11 is 1.79. The molecule has 0 spiro atoms. The van der Waals surface area contributed by atoms with Crippen LogP contribution in [0.3, 0.4) is 0 Å². The fraction of sp³-hybridized carbons (Fsp3) is 0.250. The molecule has 0 bridgehead atoms. The van der Waals surface area contributed by atoms with Gasteiger partial charge in [0.2, 0.25) is 0 Å². The molecule has 94 valence electrons. The van der Waals surface area contributed by atoms with E-state index in [1.807, 2.05) is 12.1 Å². The summed E-state index contributed by atoms with van der Waals surface area (Å²) in [5, 5.41) is 5.78. The summed E-state index contributed by atoms with van der Waals surface area (Å²) in [6.07, 6.45) is 2.91. The normalized spacial score (nSPS) is 14.1. The van der Waals surface area contributed by atoms with Crippen molar-refractivity contribution in [3.05, 3.63) is 70.9 Å². The second-order valence-electron chi connectivity index (χ2n) is 4.64. The Balaban J connectivity index is 2.09. The molecular formula is C16H19NS. The Bertz CT molecular complexity index is 475. The minimum atomic E-state index is -0.0221. The summed E-state index contributed by atoms with van der Waals surface area (Å²) in [7, 11) is 0. The third-order valence-corrected chi connectivity index (χ3v) is 4.28. The van der Waals surface area contributed by atoms with Gasteiger partial charge in [0.25, 0.3) is 0 Å². The number of hydrogen-bond donors (Lipinski definition) is 1. The molecule has 2 heteroatoms. The Morgan fingerprint density at radius 3 is 2.61 bits per heavy atom. The quantitative estimate of drug-likeness (QED) is 0.760. The largest absolute Gasteiger partial charge is 0.303 e. The van der Waals surface area contributed by atoms with Gasteiger partial charge in [-0.2, -0.15) is 0 Å². The van der Waals surface area contributed by atoms with E-state index in [-0.39, 0.29) is 5.54 Å². The molecule has 2 aromatic rings. The molecule has 1 aromatic carbocycles. The zero-order chi connectivity index (χ0) is 12.8. The predicted octanol–water partition coefficient (Wildman–Crippen LogP) is 4.33. The molecule has 0 saturated heterocycles. The maximum Gasteiger partial charge on any atom is 0.0537 e. The molecular weight excluding hydrogens is 238 g/mol. The van der Waals surface area contributed by atoms with Crippen LogP contribution in [-0.2, 0) is 12.1 Å². The van der Waals surface area contributed by atoms with Gasteiger partial charge in [-0.25, -0.2) is 0 Å². The molecule has 1 N–H and O–H groups in total. The van der Waals surface area contributed by atoms with Crippen molar-refractivity contribution < 1.29 is 0 Å². The highest BCUT2D eigenvalue weighted by molar-refractivity contribution is 7.10. The van der Waals surface area contributed by atoms with Gasteiger partial charge >= 0.3 is 0 Å². The first kappa shape index (κ1) is 13.1. The van der Waals surface area contributed by atoms with E-state index in [4.69, 9.17) is 0 Å². The summed E-state index contributed by atoms with van der Waals surface area (Å²) in [6.45, 7) is 6.99. The summed E-state index contributed by atoms with van der Waals surface area (Å²) in [4.78, 5) is 1.36. The van der Waals surface area contributed by atoms with Crippen molar-refractivity contribution in [2.45, 2.75) is 25.4 Å². The van der Waals surface area contributed by atoms with Crippen LogP contribution < -0.4 is 5.32 Å². The molecule has 0 aliphatic carbocycles. The number of rotatable bonds is 6. The Hall–Kier alpha value is -1.38. The van der Waals surface area contributed by atoms with Gasteiger partial charge in [0.15, 0.2) is 0 Å². The molecule has 0 unspecified atom stereocenters. The van der Waals surface area contributed by atoms with Crippen molar-refractivity contribution in [2.24, 2.45) is 0 Å². The van der Waals surface area contributed by atoms with Crippen molar-refractivity contribution in [2.75, 3.05) is 0 Å². The first-order valence-corrected chi connectivity index (χ1v) is 7.06. The lowest BCUT2D eigenvalue weighted by atomic mass is 9.95. The van der Waals surface area contributed by atoms with Crippen LogP contribution in [0.1, 0.15) is 23.8 Å². The van der Waals surface area contributed by atoms with E-state index >= 15 is 0 Å². The fourth-order valence-corrected chi connectivity index (χ4v) is 2.91. The smallest absolute Gasteiger partial charge is 0.0537 e. The van der Waals surface area contributed by atoms with Gasteiger partial charge in [-0.15, -0.1) is 17.9 Å². The van der Waals surface area contributed by atoms with E-state index < -0.39 is 0 Å². The minimum absolute atomic E-state index is 0.0221. The molecule has 0 radical (unpaired) electrons. The predicted molar refractivity (Wildman–Crippen MR) is 79.8 cm³/mol. The highest BCUT2D eigenvalue weighted by Gasteiger charge is 2.25. The van der Waals surface area contributed by atoms with Gasteiger partial charge in [0.1, 0.15) is 0 Å². The maximum atomic E-state index is 3.88. The number of thiophene rings is 1. The first-order valence-electron chi connectivity index (χ1n) is 6.18. The van der Waals surface area contributed by atoms with E-state index in [9.17, 15) is 0 Å². The van der Waals surface area contributed by atoms with Crippen molar-refractivity contribution in [1.82, 2.24) is 5.32 Å². The average molecular weight is 257 g/mol. The van der Waals surface area contributed by atoms with Gasteiger partial charge in [0, 0.05) is 11.4 Å². The van der Waals surface area contributed by atoms with E-state index in [2.05, 4.69) is 60.6 Å². The molecule has 0 fully saturated rings. The van der Waals surface area contributed by atoms with Crippen LogP contribution in [-0.4, -0.2) is 0 Å². The van der Waals surface area contributed by atoms with Crippen LogP contribution in [0.4, 0.5) is 0 Å². The lowest BCUT2D eigenvalue weighted by Crippen LogP contribution is -2.37. The second kappa shape index (κ2) is 5.98. The standard InChI is InChI=1S/C16H19NS/c1-3-11-16(2,15-10-7-12-18-15)17-13-14-8-5-4-6-9-14/h3-10,12,17H,1,11,13H2,2H3/t16-/m1/s1. The lowest BCUT2D eigenvalue weighted by molar-refractivity contribution is 0.375. The van der Waals surface area contributed by atoms with Gasteiger partial charge in [-0.1, -0.05) is 42.5 Å².